The molecule has 0 radical (unpaired) electrons. The molecule has 2 bridgehead atoms. The number of rotatable bonds is 5. The monoisotopic (exact) mass is 356 g/mol. The number of ether oxygens (including phenoxy) is 1. The number of hydrogen-bond donors (Lipinski definition) is 0. The van der Waals surface area contributed by atoms with E-state index in [1.807, 2.05) is 11.1 Å². The fourth-order valence-corrected chi connectivity index (χ4v) is 5.48. The van der Waals surface area contributed by atoms with Crippen LogP contribution in [0.4, 0.5) is 0 Å². The molecule has 0 aromatic carbocycles. The predicted molar refractivity (Wildman–Crippen MR) is 108 cm³/mol. The molecule has 2 aliphatic rings. The number of carbonyl (C=O) groups is 1. The average molecular weight is 356 g/mol. The van der Waals surface area contributed by atoms with Crippen LogP contribution in [-0.4, -0.2) is 41.7 Å². The van der Waals surface area contributed by atoms with Crippen LogP contribution in [0.1, 0.15) is 76.6 Å². The Bertz CT molecular complexity index is 617. The Kier molecular flexibility index (Phi) is 5.94. The third kappa shape index (κ3) is 3.50. The van der Waals surface area contributed by atoms with E-state index in [1.165, 1.54) is 44.0 Å². The smallest absolute Gasteiger partial charge is 0.259 e. The van der Waals surface area contributed by atoms with Gasteiger partial charge in [-0.05, 0) is 33.8 Å². The minimum atomic E-state index is 0.0681. The van der Waals surface area contributed by atoms with Crippen LogP contribution in [0.2, 0.25) is 11.6 Å². The van der Waals surface area contributed by atoms with Crippen molar-refractivity contribution in [1.29, 1.82) is 0 Å². The molecule has 3 rings (SSSR count). The van der Waals surface area contributed by atoms with E-state index in [0.717, 1.165) is 0 Å². The average Bonchev–Trinajstić information content (AvgIpc) is 2.59. The molecule has 1 aromatic rings. The molecule has 4 nitrogen and oxygen atoms in total. The molecule has 1 amide bonds. The van der Waals surface area contributed by atoms with Crippen LogP contribution in [0.15, 0.2) is 12.3 Å². The van der Waals surface area contributed by atoms with Crippen LogP contribution in [-0.2, 0) is 0 Å². The first kappa shape index (κ1) is 19.3. The molecule has 26 heavy (non-hydrogen) atoms. The van der Waals surface area contributed by atoms with Crippen molar-refractivity contribution in [2.45, 2.75) is 89.9 Å². The van der Waals surface area contributed by atoms with Gasteiger partial charge in [0.1, 0.15) is 0 Å². The Hall–Kier alpha value is -1.52. The molecule has 2 fully saturated rings. The van der Waals surface area contributed by atoms with Gasteiger partial charge in [-0.25, -0.2) is 4.98 Å². The number of nitrogens with zero attached hydrogens (tertiary/aromatic N) is 2. The van der Waals surface area contributed by atoms with Crippen LogP contribution >= 0.6 is 0 Å². The van der Waals surface area contributed by atoms with Gasteiger partial charge in [0.15, 0.2) is 6.71 Å². The summed E-state index contributed by atoms with van der Waals surface area (Å²) in [5, 5.41) is 0. The maximum absolute atomic E-state index is 13.6. The topological polar surface area (TPSA) is 42.4 Å². The maximum atomic E-state index is 13.6. The number of fused-ring (bicyclic) bond motifs is 2. The van der Waals surface area contributed by atoms with Gasteiger partial charge in [-0.2, -0.15) is 0 Å². The second-order valence-corrected chi connectivity index (χ2v) is 8.59. The molecular weight excluding hydrogens is 323 g/mol. The zero-order valence-corrected chi connectivity index (χ0v) is 17.0. The van der Waals surface area contributed by atoms with Crippen LogP contribution in [0, 0.1) is 0 Å². The molecule has 2 saturated heterocycles. The van der Waals surface area contributed by atoms with Crippen molar-refractivity contribution >= 4 is 18.1 Å². The zero-order valence-electron chi connectivity index (χ0n) is 17.0. The Labute approximate surface area is 158 Å². The van der Waals surface area contributed by atoms with Gasteiger partial charge in [0.2, 0.25) is 5.88 Å². The number of amides is 1. The number of hydrogen-bond acceptors (Lipinski definition) is 3. The third-order valence-electron chi connectivity index (χ3n) is 6.38. The normalized spacial score (nSPS) is 22.7. The van der Waals surface area contributed by atoms with Gasteiger partial charge in [0.05, 0.1) is 12.7 Å². The number of carbonyl (C=O) groups excluding carboxylic acids is 1. The van der Waals surface area contributed by atoms with E-state index in [4.69, 9.17) is 4.74 Å². The van der Waals surface area contributed by atoms with Crippen molar-refractivity contribution < 1.29 is 9.53 Å². The molecule has 3 heterocycles. The van der Waals surface area contributed by atoms with Crippen LogP contribution in [0.25, 0.3) is 0 Å². The summed E-state index contributed by atoms with van der Waals surface area (Å²) in [5.41, 5.74) is 1.89. The van der Waals surface area contributed by atoms with Crippen molar-refractivity contribution in [2.24, 2.45) is 0 Å². The van der Waals surface area contributed by atoms with Crippen molar-refractivity contribution in [3.05, 3.63) is 17.8 Å². The standard InChI is InChI=1S/C21H33BN2O2/c1-14(2)24(15(3)4)21(25)19-18(12-13-23-20(19)26-5)22-16-8-6-9-17(22)11-7-10-16/h12-17H,6-11H2,1-5H3. The molecule has 0 spiro atoms. The largest absolute Gasteiger partial charge is 0.480 e. The van der Waals surface area contributed by atoms with Crippen molar-refractivity contribution in [2.75, 3.05) is 7.11 Å². The highest BCUT2D eigenvalue weighted by Crippen LogP contribution is 2.46. The van der Waals surface area contributed by atoms with E-state index in [1.54, 1.807) is 7.11 Å². The highest BCUT2D eigenvalue weighted by atomic mass is 16.5. The molecule has 2 aliphatic heterocycles. The summed E-state index contributed by atoms with van der Waals surface area (Å²) in [6.07, 6.45) is 9.65. The van der Waals surface area contributed by atoms with Gasteiger partial charge in [0.25, 0.3) is 5.91 Å². The van der Waals surface area contributed by atoms with E-state index in [-0.39, 0.29) is 18.0 Å². The van der Waals surface area contributed by atoms with E-state index in [0.29, 0.717) is 29.8 Å². The van der Waals surface area contributed by atoms with Crippen LogP contribution < -0.4 is 10.2 Å². The quantitative estimate of drug-likeness (QED) is 0.744. The van der Waals surface area contributed by atoms with Gasteiger partial charge >= 0.3 is 0 Å². The maximum Gasteiger partial charge on any atom is 0.259 e. The predicted octanol–water partition coefficient (Wildman–Crippen LogP) is 4.16. The molecule has 0 atom stereocenters. The molecule has 5 heteroatoms. The second kappa shape index (κ2) is 8.02. The Balaban J connectivity index is 2.08. The van der Waals surface area contributed by atoms with Crippen LogP contribution in [0.3, 0.4) is 0 Å². The molecule has 0 unspecified atom stereocenters. The first-order valence-corrected chi connectivity index (χ1v) is 10.3. The minimum Gasteiger partial charge on any atom is -0.480 e. The number of aromatic nitrogens is 1. The van der Waals surface area contributed by atoms with E-state index in [9.17, 15) is 4.79 Å². The molecule has 1 aromatic heterocycles. The molecule has 0 N–H and O–H groups in total. The summed E-state index contributed by atoms with van der Waals surface area (Å²) in [6, 6.07) is 2.38. The lowest BCUT2D eigenvalue weighted by Gasteiger charge is -2.41. The van der Waals surface area contributed by atoms with E-state index in [2.05, 4.69) is 38.7 Å². The highest BCUT2D eigenvalue weighted by Gasteiger charge is 2.43. The van der Waals surface area contributed by atoms with Gasteiger partial charge in [-0.1, -0.05) is 55.6 Å². The zero-order chi connectivity index (χ0) is 18.8. The molecule has 0 aliphatic carbocycles. The summed E-state index contributed by atoms with van der Waals surface area (Å²) >= 11 is 0. The van der Waals surface area contributed by atoms with Gasteiger partial charge in [-0.3, -0.25) is 4.79 Å². The molecular formula is C21H33BN2O2. The number of pyridine rings is 1. The van der Waals surface area contributed by atoms with E-state index < -0.39 is 0 Å². The first-order chi connectivity index (χ1) is 12.5. The van der Waals surface area contributed by atoms with Gasteiger partial charge in [0, 0.05) is 18.3 Å². The summed E-state index contributed by atoms with van der Waals surface area (Å²) < 4.78 is 5.57. The second-order valence-electron chi connectivity index (χ2n) is 8.59. The van der Waals surface area contributed by atoms with Gasteiger partial charge in [-0.15, -0.1) is 0 Å². The third-order valence-corrected chi connectivity index (χ3v) is 6.38. The Morgan fingerprint density at radius 2 is 1.65 bits per heavy atom. The Morgan fingerprint density at radius 1 is 1.12 bits per heavy atom. The fraction of sp³-hybridized carbons (Fsp3) is 0.714. The number of methoxy groups -OCH3 is 1. The molecule has 0 saturated carbocycles. The fourth-order valence-electron chi connectivity index (χ4n) is 5.48. The Morgan fingerprint density at radius 3 is 2.12 bits per heavy atom. The summed E-state index contributed by atoms with van der Waals surface area (Å²) in [4.78, 5) is 20.0. The minimum absolute atomic E-state index is 0.0681. The lowest BCUT2D eigenvalue weighted by molar-refractivity contribution is 0.0641. The van der Waals surface area contributed by atoms with E-state index >= 15 is 0 Å². The SMILES string of the molecule is COc1nccc(B2C3CCCC2CCC3)c1C(=O)N(C(C)C)C(C)C. The van der Waals surface area contributed by atoms with Crippen LogP contribution in [0.5, 0.6) is 5.88 Å². The van der Waals surface area contributed by atoms with Crippen molar-refractivity contribution in [3.63, 3.8) is 0 Å². The van der Waals surface area contributed by atoms with Crippen molar-refractivity contribution in [3.8, 4) is 5.88 Å². The lowest BCUT2D eigenvalue weighted by atomic mass is 9.24. The summed E-state index contributed by atoms with van der Waals surface area (Å²) in [7, 11) is 1.62. The van der Waals surface area contributed by atoms with Gasteiger partial charge < -0.3 is 9.64 Å². The lowest BCUT2D eigenvalue weighted by Crippen LogP contribution is -2.50. The van der Waals surface area contributed by atoms with Crippen molar-refractivity contribution in [1.82, 2.24) is 9.88 Å². The first-order valence-electron chi connectivity index (χ1n) is 10.3. The summed E-state index contributed by atoms with van der Waals surface area (Å²) in [6.45, 7) is 8.80. The molecule has 142 valence electrons. The summed E-state index contributed by atoms with van der Waals surface area (Å²) in [5.74, 6) is 1.96. The highest BCUT2D eigenvalue weighted by molar-refractivity contribution is 6.77.